The first kappa shape index (κ1) is 29.3. The molecule has 11 heteroatoms. The van der Waals surface area contributed by atoms with Crippen LogP contribution in [0.25, 0.3) is 0 Å². The number of likely N-dealkylation sites (N-methyl/N-ethyl adjacent to an activating group) is 1. The molecule has 5 heterocycles. The van der Waals surface area contributed by atoms with Gasteiger partial charge in [0.25, 0.3) is 0 Å². The number of methoxy groups -OCH3 is 1. The zero-order chi connectivity index (χ0) is 31.2. The number of piperazine rings is 1. The lowest BCUT2D eigenvalue weighted by atomic mass is 9.70. The van der Waals surface area contributed by atoms with Crippen molar-refractivity contribution < 1.29 is 33.3 Å². The number of esters is 2. The highest BCUT2D eigenvalue weighted by molar-refractivity contribution is 7.99. The Balaban J connectivity index is 1.56. The number of aryl methyl sites for hydroxylation is 1. The van der Waals surface area contributed by atoms with Gasteiger partial charge in [0.05, 0.1) is 36.4 Å². The molecule has 5 aliphatic rings. The predicted octanol–water partition coefficient (Wildman–Crippen LogP) is 4.47. The van der Waals surface area contributed by atoms with E-state index in [1.54, 1.807) is 18.9 Å². The summed E-state index contributed by atoms with van der Waals surface area (Å²) in [5.41, 5.74) is 6.93. The molecular weight excluding hydrogens is 582 g/mol. The van der Waals surface area contributed by atoms with Gasteiger partial charge in [0, 0.05) is 41.5 Å². The first-order valence-electron chi connectivity index (χ1n) is 15.1. The van der Waals surface area contributed by atoms with Crippen LogP contribution in [-0.2, 0) is 20.7 Å². The Labute approximate surface area is 261 Å². The summed E-state index contributed by atoms with van der Waals surface area (Å²) in [6.45, 7) is 9.42. The van der Waals surface area contributed by atoms with Crippen LogP contribution in [0.5, 0.6) is 23.0 Å². The summed E-state index contributed by atoms with van der Waals surface area (Å²) in [7, 11) is 3.82. The van der Waals surface area contributed by atoms with Gasteiger partial charge in [-0.1, -0.05) is 13.0 Å². The molecule has 7 rings (SSSR count). The first-order chi connectivity index (χ1) is 21.1. The minimum absolute atomic E-state index is 0.0261. The second-order valence-corrected chi connectivity index (χ2v) is 13.7. The van der Waals surface area contributed by atoms with Crippen LogP contribution >= 0.6 is 11.8 Å². The Morgan fingerprint density at radius 3 is 2.55 bits per heavy atom. The van der Waals surface area contributed by atoms with Crippen LogP contribution in [0.15, 0.2) is 6.07 Å². The van der Waals surface area contributed by atoms with E-state index < -0.39 is 18.1 Å². The Hall–Kier alpha value is -3.46. The Morgan fingerprint density at radius 2 is 1.84 bits per heavy atom. The zero-order valence-corrected chi connectivity index (χ0v) is 26.9. The number of hydrogen-bond donors (Lipinski definition) is 0. The van der Waals surface area contributed by atoms with Crippen LogP contribution in [0.4, 0.5) is 0 Å². The molecule has 2 aromatic rings. The summed E-state index contributed by atoms with van der Waals surface area (Å²) in [5, 5.41) is 10.6. The molecule has 0 aromatic heterocycles. The van der Waals surface area contributed by atoms with Crippen molar-refractivity contribution in [1.82, 2.24) is 9.80 Å². The van der Waals surface area contributed by atoms with Gasteiger partial charge in [0.1, 0.15) is 24.1 Å². The molecule has 1 unspecified atom stereocenters. The fraction of sp³-hybridized carbons (Fsp3) is 0.545. The number of benzene rings is 2. The fourth-order valence-corrected chi connectivity index (χ4v) is 9.91. The molecule has 2 fully saturated rings. The molecule has 0 radical (unpaired) electrons. The monoisotopic (exact) mass is 619 g/mol. The van der Waals surface area contributed by atoms with Crippen LogP contribution in [0.2, 0.25) is 0 Å². The lowest BCUT2D eigenvalue weighted by Gasteiger charge is -2.62. The number of fused-ring (bicyclic) bond motifs is 9. The largest absolute Gasteiger partial charge is 0.496 e. The Kier molecular flexibility index (Phi) is 7.03. The topological polar surface area (TPSA) is 111 Å². The summed E-state index contributed by atoms with van der Waals surface area (Å²) in [6.07, 6.45) is 0.702. The number of nitrogens with zero attached hydrogens (tertiary/aromatic N) is 3. The molecule has 4 bridgehead atoms. The molecule has 2 aromatic carbocycles. The molecule has 0 aliphatic carbocycles. The zero-order valence-electron chi connectivity index (χ0n) is 26.1. The van der Waals surface area contributed by atoms with E-state index in [0.717, 1.165) is 28.0 Å². The van der Waals surface area contributed by atoms with Gasteiger partial charge >= 0.3 is 11.9 Å². The molecule has 5 aliphatic heterocycles. The third-order valence-corrected chi connectivity index (χ3v) is 11.7. The molecule has 0 spiro atoms. The maximum absolute atomic E-state index is 13.1. The van der Waals surface area contributed by atoms with E-state index in [9.17, 15) is 14.9 Å². The van der Waals surface area contributed by atoms with E-state index in [0.29, 0.717) is 35.0 Å². The van der Waals surface area contributed by atoms with Crippen molar-refractivity contribution >= 4 is 23.7 Å². The second kappa shape index (κ2) is 10.6. The van der Waals surface area contributed by atoms with Crippen LogP contribution in [0.1, 0.15) is 70.1 Å². The van der Waals surface area contributed by atoms with E-state index in [1.165, 1.54) is 18.1 Å². The van der Waals surface area contributed by atoms with Crippen molar-refractivity contribution in [1.29, 1.82) is 5.26 Å². The maximum Gasteiger partial charge on any atom is 0.309 e. The molecule has 0 amide bonds. The quantitative estimate of drug-likeness (QED) is 0.351. The summed E-state index contributed by atoms with van der Waals surface area (Å²) in [4.78, 5) is 30.4. The summed E-state index contributed by atoms with van der Waals surface area (Å²) < 4.78 is 30.0. The molecule has 0 saturated carbocycles. The van der Waals surface area contributed by atoms with Crippen molar-refractivity contribution in [2.75, 3.05) is 33.3 Å². The van der Waals surface area contributed by atoms with E-state index in [1.807, 2.05) is 13.8 Å². The minimum atomic E-state index is -0.524. The first-order valence-corrected chi connectivity index (χ1v) is 16.1. The molecule has 7 atom stereocenters. The van der Waals surface area contributed by atoms with Gasteiger partial charge < -0.3 is 23.7 Å². The number of nitriles is 1. The van der Waals surface area contributed by atoms with Gasteiger partial charge in [-0.2, -0.15) is 17.0 Å². The normalized spacial score (nSPS) is 30.4. The van der Waals surface area contributed by atoms with Gasteiger partial charge in [-0.3, -0.25) is 19.4 Å². The van der Waals surface area contributed by atoms with Crippen LogP contribution in [0, 0.1) is 38.0 Å². The summed E-state index contributed by atoms with van der Waals surface area (Å²) >= 11 is 1.65. The molecule has 0 N–H and O–H groups in total. The van der Waals surface area contributed by atoms with E-state index in [-0.39, 0.29) is 48.7 Å². The van der Waals surface area contributed by atoms with Gasteiger partial charge in [0.2, 0.25) is 6.79 Å². The van der Waals surface area contributed by atoms with Crippen molar-refractivity contribution in [2.45, 2.75) is 76.5 Å². The summed E-state index contributed by atoms with van der Waals surface area (Å²) in [6, 6.07) is 3.41. The highest BCUT2D eigenvalue weighted by atomic mass is 32.2. The molecule has 44 heavy (non-hydrogen) atoms. The van der Waals surface area contributed by atoms with E-state index in [2.05, 4.69) is 42.8 Å². The van der Waals surface area contributed by atoms with Crippen LogP contribution in [0.3, 0.4) is 0 Å². The lowest BCUT2D eigenvalue weighted by Crippen LogP contribution is -2.69. The third kappa shape index (κ3) is 4.00. The molecule has 10 nitrogen and oxygen atoms in total. The second-order valence-electron chi connectivity index (χ2n) is 12.6. The number of ether oxygens (including phenoxy) is 5. The van der Waals surface area contributed by atoms with Crippen molar-refractivity contribution in [3.8, 4) is 29.1 Å². The maximum atomic E-state index is 13.1. The highest BCUT2D eigenvalue weighted by Crippen LogP contribution is 2.63. The van der Waals surface area contributed by atoms with Crippen molar-refractivity contribution in [3.63, 3.8) is 0 Å². The lowest BCUT2D eigenvalue weighted by molar-refractivity contribution is -0.153. The van der Waals surface area contributed by atoms with Crippen molar-refractivity contribution in [2.24, 2.45) is 5.92 Å². The van der Waals surface area contributed by atoms with Gasteiger partial charge in [-0.25, -0.2) is 0 Å². The van der Waals surface area contributed by atoms with Crippen LogP contribution < -0.4 is 18.9 Å². The predicted molar refractivity (Wildman–Crippen MR) is 162 cm³/mol. The number of hydrogen-bond acceptors (Lipinski definition) is 11. The number of carbonyl (C=O) groups is 2. The third-order valence-electron chi connectivity index (χ3n) is 10.1. The van der Waals surface area contributed by atoms with E-state index >= 15 is 0 Å². The number of cyclic esters (lactones) is 1. The highest BCUT2D eigenvalue weighted by Gasteiger charge is 2.60. The van der Waals surface area contributed by atoms with E-state index in [4.69, 9.17) is 23.7 Å². The average Bonchev–Trinajstić information content (AvgIpc) is 3.47. The summed E-state index contributed by atoms with van der Waals surface area (Å²) in [5.74, 6) is 1.87. The van der Waals surface area contributed by atoms with Gasteiger partial charge in [0.15, 0.2) is 11.5 Å². The Bertz CT molecular complexity index is 1640. The van der Waals surface area contributed by atoms with Gasteiger partial charge in [-0.15, -0.1) is 0 Å². The number of thioether (sulfide) groups is 1. The van der Waals surface area contributed by atoms with Gasteiger partial charge in [-0.05, 0) is 56.5 Å². The van der Waals surface area contributed by atoms with Crippen LogP contribution in [-0.4, -0.2) is 73.2 Å². The average molecular weight is 620 g/mol. The van der Waals surface area contributed by atoms with Crippen molar-refractivity contribution in [3.05, 3.63) is 45.0 Å². The Morgan fingerprint density at radius 1 is 1.09 bits per heavy atom. The fourth-order valence-electron chi connectivity index (χ4n) is 8.39. The SMILES string of the molecule is COc1c(C)cc2c(c1C)C1[C@@H]3[C@@H]4SC[C@H](C)C(=O)OC[C@@H](c5c6c(c(C)c(OC(C)=O)c54)OCO6)N3[C@@H](C#N)[C@H](C2)N1C. The number of rotatable bonds is 2. The minimum Gasteiger partial charge on any atom is -0.496 e. The smallest absolute Gasteiger partial charge is 0.309 e. The standard InChI is InChI=1S/C33H37N3O7S/c1-14-8-19-9-20-21(10-34)36-22-11-40-33(38)15(2)12-44-32(27(36)26(35(20)6)23(19)16(3)28(14)39-7)25-24(22)31-30(41-13-42-31)17(4)29(25)43-18(5)37/h8,15,20-22,26-27,32H,9,11-13H2,1-7H3/t15-,20-,21-,22-,26?,27+,32+/m0/s1. The molecular formula is C33H37N3O7S. The number of carbonyl (C=O) groups excluding carboxylic acids is 2. The molecule has 2 saturated heterocycles. The molecule has 232 valence electrons.